The molecule has 0 aromatic heterocycles. The number of halogens is 3. The minimum Gasteiger partial charge on any atom is -0.506 e. The fourth-order valence-corrected chi connectivity index (χ4v) is 1.55. The Hall–Kier alpha value is -0.770. The number of rotatable bonds is 3. The van der Waals surface area contributed by atoms with Crippen molar-refractivity contribution in [2.45, 2.75) is 19.4 Å². The van der Waals surface area contributed by atoms with Crippen LogP contribution >= 0.6 is 24.0 Å². The summed E-state index contributed by atoms with van der Waals surface area (Å²) in [4.78, 5) is 0. The molecule has 0 heterocycles. The molecular formula is C11H14Cl2FNO. The van der Waals surface area contributed by atoms with Crippen molar-refractivity contribution in [2.24, 2.45) is 5.73 Å². The highest BCUT2D eigenvalue weighted by molar-refractivity contribution is 6.32. The molecule has 1 atom stereocenters. The highest BCUT2D eigenvalue weighted by Crippen LogP contribution is 2.34. The van der Waals surface area contributed by atoms with E-state index in [2.05, 4.69) is 6.58 Å². The molecule has 3 N–H and O–H groups in total. The molecule has 0 aliphatic heterocycles. The van der Waals surface area contributed by atoms with Crippen molar-refractivity contribution in [3.8, 4) is 5.75 Å². The van der Waals surface area contributed by atoms with Gasteiger partial charge in [-0.15, -0.1) is 19.0 Å². The van der Waals surface area contributed by atoms with E-state index in [-0.39, 0.29) is 28.7 Å². The van der Waals surface area contributed by atoms with E-state index in [1.165, 1.54) is 12.1 Å². The zero-order valence-corrected chi connectivity index (χ0v) is 10.4. The van der Waals surface area contributed by atoms with Gasteiger partial charge in [-0.25, -0.2) is 4.39 Å². The van der Waals surface area contributed by atoms with Gasteiger partial charge in [0.1, 0.15) is 11.6 Å². The van der Waals surface area contributed by atoms with Crippen LogP contribution in [0.1, 0.15) is 24.9 Å². The Morgan fingerprint density at radius 2 is 2.19 bits per heavy atom. The van der Waals surface area contributed by atoms with Crippen molar-refractivity contribution in [3.63, 3.8) is 0 Å². The molecule has 0 fully saturated rings. The molecule has 1 aromatic rings. The second-order valence-electron chi connectivity index (χ2n) is 3.56. The molecule has 0 saturated heterocycles. The summed E-state index contributed by atoms with van der Waals surface area (Å²) in [5, 5.41) is 9.68. The van der Waals surface area contributed by atoms with Gasteiger partial charge in [-0.05, 0) is 25.5 Å². The van der Waals surface area contributed by atoms with Crippen molar-refractivity contribution in [1.29, 1.82) is 0 Å². The molecule has 0 aliphatic carbocycles. The highest BCUT2D eigenvalue weighted by Gasteiger charge is 2.18. The summed E-state index contributed by atoms with van der Waals surface area (Å²) in [5.41, 5.74) is 6.61. The van der Waals surface area contributed by atoms with E-state index >= 15 is 0 Å². The molecule has 0 aliphatic rings. The third-order valence-corrected chi connectivity index (χ3v) is 2.36. The normalized spacial score (nSPS) is 11.8. The van der Waals surface area contributed by atoms with Crippen LogP contribution in [0.15, 0.2) is 24.3 Å². The second kappa shape index (κ2) is 6.09. The van der Waals surface area contributed by atoms with Crippen LogP contribution in [0.25, 0.3) is 0 Å². The number of hydrogen-bond acceptors (Lipinski definition) is 2. The molecule has 0 saturated carbocycles. The van der Waals surface area contributed by atoms with Gasteiger partial charge in [-0.3, -0.25) is 0 Å². The Labute approximate surface area is 105 Å². The first-order valence-electron chi connectivity index (χ1n) is 4.50. The lowest BCUT2D eigenvalue weighted by atomic mass is 10.00. The van der Waals surface area contributed by atoms with Gasteiger partial charge < -0.3 is 10.8 Å². The molecule has 0 amide bonds. The van der Waals surface area contributed by atoms with Gasteiger partial charge >= 0.3 is 0 Å². The molecule has 5 heteroatoms. The van der Waals surface area contributed by atoms with Crippen molar-refractivity contribution < 1.29 is 9.50 Å². The largest absolute Gasteiger partial charge is 0.506 e. The Morgan fingerprint density at radius 1 is 1.62 bits per heavy atom. The summed E-state index contributed by atoms with van der Waals surface area (Å²) >= 11 is 5.67. The number of phenols is 1. The smallest absolute Gasteiger partial charge is 0.141 e. The summed E-state index contributed by atoms with van der Waals surface area (Å²) in [5.74, 6) is -0.837. The zero-order chi connectivity index (χ0) is 11.6. The van der Waals surface area contributed by atoms with Crippen LogP contribution in [0.2, 0.25) is 5.02 Å². The molecule has 90 valence electrons. The van der Waals surface area contributed by atoms with E-state index in [0.717, 1.165) is 5.57 Å². The zero-order valence-electron chi connectivity index (χ0n) is 8.84. The molecular weight excluding hydrogens is 252 g/mol. The van der Waals surface area contributed by atoms with E-state index in [1.54, 1.807) is 6.92 Å². The molecule has 16 heavy (non-hydrogen) atoms. The number of nitrogens with two attached hydrogens (primary N) is 1. The van der Waals surface area contributed by atoms with Crippen LogP contribution < -0.4 is 5.73 Å². The maximum atomic E-state index is 13.4. The maximum Gasteiger partial charge on any atom is 0.141 e. The van der Waals surface area contributed by atoms with Crippen molar-refractivity contribution in [3.05, 3.63) is 40.7 Å². The molecule has 1 rings (SSSR count). The summed E-state index contributed by atoms with van der Waals surface area (Å²) in [6.07, 6.45) is 0.408. The predicted octanol–water partition coefficient (Wildman–Crippen LogP) is 3.57. The average molecular weight is 266 g/mol. The molecule has 0 bridgehead atoms. The molecule has 1 aromatic carbocycles. The summed E-state index contributed by atoms with van der Waals surface area (Å²) in [6, 6.07) is 1.86. The van der Waals surface area contributed by atoms with Crippen molar-refractivity contribution >= 4 is 24.0 Å². The fourth-order valence-electron chi connectivity index (χ4n) is 1.39. The first-order chi connectivity index (χ1) is 6.93. The van der Waals surface area contributed by atoms with E-state index < -0.39 is 11.9 Å². The Bertz CT molecular complexity index is 396. The van der Waals surface area contributed by atoms with Crippen LogP contribution in [0.5, 0.6) is 5.75 Å². The van der Waals surface area contributed by atoms with Crippen molar-refractivity contribution in [1.82, 2.24) is 0 Å². The quantitative estimate of drug-likeness (QED) is 0.821. The molecule has 0 unspecified atom stereocenters. The van der Waals surface area contributed by atoms with Gasteiger partial charge in [0.05, 0.1) is 5.02 Å². The van der Waals surface area contributed by atoms with E-state index in [4.69, 9.17) is 17.3 Å². The number of phenolic OH excluding ortho intramolecular Hbond substituents is 1. The van der Waals surface area contributed by atoms with E-state index in [1.807, 2.05) is 0 Å². The third kappa shape index (κ3) is 3.37. The minimum atomic E-state index is -0.624. The number of aromatic hydroxyl groups is 1. The van der Waals surface area contributed by atoms with E-state index in [0.29, 0.717) is 6.42 Å². The summed E-state index contributed by atoms with van der Waals surface area (Å²) in [7, 11) is 0. The Morgan fingerprint density at radius 3 is 2.69 bits per heavy atom. The van der Waals surface area contributed by atoms with Gasteiger partial charge in [0.25, 0.3) is 0 Å². The van der Waals surface area contributed by atoms with Crippen LogP contribution in [0, 0.1) is 5.82 Å². The van der Waals surface area contributed by atoms with E-state index in [9.17, 15) is 9.50 Å². The first kappa shape index (κ1) is 15.2. The van der Waals surface area contributed by atoms with Crippen LogP contribution in [0.4, 0.5) is 4.39 Å². The Balaban J connectivity index is 0.00000225. The lowest BCUT2D eigenvalue weighted by Gasteiger charge is -2.15. The minimum absolute atomic E-state index is 0. The lowest BCUT2D eigenvalue weighted by Crippen LogP contribution is -2.12. The van der Waals surface area contributed by atoms with Gasteiger partial charge in [0.15, 0.2) is 0 Å². The summed E-state index contributed by atoms with van der Waals surface area (Å²) < 4.78 is 13.4. The molecule has 0 radical (unpaired) electrons. The lowest BCUT2D eigenvalue weighted by molar-refractivity contribution is 0.449. The van der Waals surface area contributed by atoms with Crippen LogP contribution in [-0.4, -0.2) is 5.11 Å². The highest BCUT2D eigenvalue weighted by atomic mass is 35.5. The van der Waals surface area contributed by atoms with Crippen molar-refractivity contribution in [2.75, 3.05) is 0 Å². The van der Waals surface area contributed by atoms with Gasteiger partial charge in [-0.1, -0.05) is 17.2 Å². The van der Waals surface area contributed by atoms with Gasteiger partial charge in [-0.2, -0.15) is 0 Å². The standard InChI is InChI=1S/C11H13ClFNO.ClH/c1-6(2)5-9(14)10-8(13)4-3-7(12)11(10)15;/h3-4,9,15H,1,5,14H2,2H3;1H/t9-;/m1./s1. The topological polar surface area (TPSA) is 46.2 Å². The Kier molecular flexibility index (Phi) is 5.79. The molecule has 0 spiro atoms. The third-order valence-electron chi connectivity index (χ3n) is 2.05. The number of benzene rings is 1. The summed E-state index contributed by atoms with van der Waals surface area (Å²) in [6.45, 7) is 5.48. The monoisotopic (exact) mass is 265 g/mol. The second-order valence-corrected chi connectivity index (χ2v) is 3.97. The average Bonchev–Trinajstić information content (AvgIpc) is 2.11. The number of hydrogen-bond donors (Lipinski definition) is 2. The maximum absolute atomic E-state index is 13.4. The van der Waals surface area contributed by atoms with Crippen LogP contribution in [-0.2, 0) is 0 Å². The fraction of sp³-hybridized carbons (Fsp3) is 0.273. The predicted molar refractivity (Wildman–Crippen MR) is 66.7 cm³/mol. The first-order valence-corrected chi connectivity index (χ1v) is 4.88. The molecule has 2 nitrogen and oxygen atoms in total. The van der Waals surface area contributed by atoms with Crippen LogP contribution in [0.3, 0.4) is 0 Å². The van der Waals surface area contributed by atoms with Gasteiger partial charge in [0, 0.05) is 11.6 Å². The SMILES string of the molecule is C=C(C)C[C@@H](N)c1c(F)ccc(Cl)c1O.Cl. The van der Waals surface area contributed by atoms with Gasteiger partial charge in [0.2, 0.25) is 0 Å².